The van der Waals surface area contributed by atoms with Crippen LogP contribution in [0.3, 0.4) is 0 Å². The maximum atomic E-state index is 13.9. The van der Waals surface area contributed by atoms with E-state index in [4.69, 9.17) is 11.6 Å². The lowest BCUT2D eigenvalue weighted by molar-refractivity contribution is -0.133. The zero-order valence-electron chi connectivity index (χ0n) is 12.9. The van der Waals surface area contributed by atoms with Crippen molar-refractivity contribution in [1.82, 2.24) is 10.2 Å². The van der Waals surface area contributed by atoms with Crippen LogP contribution in [-0.2, 0) is 11.2 Å². The fourth-order valence-corrected chi connectivity index (χ4v) is 3.20. The number of rotatable bonds is 3. The van der Waals surface area contributed by atoms with E-state index >= 15 is 0 Å². The number of benzene rings is 2. The van der Waals surface area contributed by atoms with Gasteiger partial charge in [-0.05, 0) is 29.8 Å². The van der Waals surface area contributed by atoms with Crippen LogP contribution in [0.15, 0.2) is 42.5 Å². The van der Waals surface area contributed by atoms with Crippen molar-refractivity contribution >= 4 is 17.5 Å². The highest BCUT2D eigenvalue weighted by atomic mass is 35.5. The minimum atomic E-state index is -0.492. The molecule has 1 saturated heterocycles. The Balaban J connectivity index is 1.84. The molecule has 3 nitrogen and oxygen atoms in total. The van der Waals surface area contributed by atoms with E-state index in [-0.39, 0.29) is 34.8 Å². The molecule has 1 aliphatic heterocycles. The van der Waals surface area contributed by atoms with Crippen LogP contribution >= 0.6 is 11.6 Å². The van der Waals surface area contributed by atoms with Crippen molar-refractivity contribution in [2.45, 2.75) is 12.5 Å². The van der Waals surface area contributed by atoms with Crippen LogP contribution in [0.2, 0.25) is 5.02 Å². The van der Waals surface area contributed by atoms with Gasteiger partial charge < -0.3 is 10.2 Å². The van der Waals surface area contributed by atoms with Gasteiger partial charge in [0.15, 0.2) is 0 Å². The van der Waals surface area contributed by atoms with Gasteiger partial charge in [0.1, 0.15) is 11.6 Å². The molecule has 126 valence electrons. The number of carbonyl (C=O) groups is 1. The Morgan fingerprint density at radius 2 is 2.04 bits per heavy atom. The van der Waals surface area contributed by atoms with Crippen molar-refractivity contribution in [3.63, 3.8) is 0 Å². The minimum Gasteiger partial charge on any atom is -0.333 e. The summed E-state index contributed by atoms with van der Waals surface area (Å²) in [6, 6.07) is 10.3. The summed E-state index contributed by atoms with van der Waals surface area (Å²) >= 11 is 6.01. The Morgan fingerprint density at radius 3 is 2.79 bits per heavy atom. The maximum Gasteiger partial charge on any atom is 0.227 e. The Kier molecular flexibility index (Phi) is 5.11. The average molecular weight is 351 g/mol. The molecule has 1 fully saturated rings. The molecule has 0 aliphatic carbocycles. The lowest BCUT2D eigenvalue weighted by atomic mass is 10.0. The molecule has 1 amide bonds. The third-order valence-electron chi connectivity index (χ3n) is 4.19. The number of hydrogen-bond acceptors (Lipinski definition) is 2. The standard InChI is InChI=1S/C18H17ClF2N2O/c19-15-5-2-6-16(21)14(15)10-18(24)23-8-7-22-11-17(23)12-3-1-4-13(20)9-12/h1-6,9,17,22H,7-8,10-11H2. The maximum absolute atomic E-state index is 13.9. The fraction of sp³-hybridized carbons (Fsp3) is 0.278. The molecule has 1 heterocycles. The zero-order valence-corrected chi connectivity index (χ0v) is 13.7. The Bertz CT molecular complexity index is 733. The molecule has 1 aliphatic rings. The van der Waals surface area contributed by atoms with Crippen molar-refractivity contribution in [1.29, 1.82) is 0 Å². The van der Waals surface area contributed by atoms with Gasteiger partial charge in [0, 0.05) is 30.2 Å². The summed E-state index contributed by atoms with van der Waals surface area (Å²) in [5, 5.41) is 3.44. The van der Waals surface area contributed by atoms with Crippen molar-refractivity contribution in [2.75, 3.05) is 19.6 Å². The highest BCUT2D eigenvalue weighted by molar-refractivity contribution is 6.31. The Hall–Kier alpha value is -1.98. The predicted molar refractivity (Wildman–Crippen MR) is 88.8 cm³/mol. The molecule has 6 heteroatoms. The molecule has 1 N–H and O–H groups in total. The predicted octanol–water partition coefficient (Wildman–Crippen LogP) is 3.33. The molecule has 0 bridgehead atoms. The van der Waals surface area contributed by atoms with E-state index in [0.717, 1.165) is 5.56 Å². The van der Waals surface area contributed by atoms with E-state index < -0.39 is 5.82 Å². The van der Waals surface area contributed by atoms with E-state index in [1.807, 2.05) is 0 Å². The lowest BCUT2D eigenvalue weighted by Gasteiger charge is -2.36. The van der Waals surface area contributed by atoms with Gasteiger partial charge in [-0.2, -0.15) is 0 Å². The van der Waals surface area contributed by atoms with Gasteiger partial charge in [-0.15, -0.1) is 0 Å². The first-order valence-corrected chi connectivity index (χ1v) is 8.12. The first kappa shape index (κ1) is 16.9. The normalized spacial score (nSPS) is 17.8. The first-order valence-electron chi connectivity index (χ1n) is 7.75. The largest absolute Gasteiger partial charge is 0.333 e. The summed E-state index contributed by atoms with van der Waals surface area (Å²) in [5.41, 5.74) is 0.913. The quantitative estimate of drug-likeness (QED) is 0.921. The van der Waals surface area contributed by atoms with Crippen molar-refractivity contribution < 1.29 is 13.6 Å². The van der Waals surface area contributed by atoms with Crippen LogP contribution in [0, 0.1) is 11.6 Å². The molecule has 0 spiro atoms. The highest BCUT2D eigenvalue weighted by Crippen LogP contribution is 2.26. The van der Waals surface area contributed by atoms with Crippen LogP contribution in [0.1, 0.15) is 17.2 Å². The molecule has 2 aromatic carbocycles. The average Bonchev–Trinajstić information content (AvgIpc) is 2.58. The molecule has 3 rings (SSSR count). The number of amides is 1. The highest BCUT2D eigenvalue weighted by Gasteiger charge is 2.28. The molecule has 0 radical (unpaired) electrons. The second-order valence-electron chi connectivity index (χ2n) is 5.74. The molecule has 1 atom stereocenters. The van der Waals surface area contributed by atoms with Crippen LogP contribution in [-0.4, -0.2) is 30.4 Å². The number of hydrogen-bond donors (Lipinski definition) is 1. The molecule has 2 aromatic rings. The third kappa shape index (κ3) is 3.57. The van der Waals surface area contributed by atoms with Crippen LogP contribution in [0.4, 0.5) is 8.78 Å². The van der Waals surface area contributed by atoms with E-state index in [1.165, 1.54) is 24.3 Å². The van der Waals surface area contributed by atoms with E-state index in [0.29, 0.717) is 19.6 Å². The molecule has 0 saturated carbocycles. The zero-order chi connectivity index (χ0) is 17.1. The summed E-state index contributed by atoms with van der Waals surface area (Å²) in [6.07, 6.45) is -0.114. The minimum absolute atomic E-state index is 0.114. The van der Waals surface area contributed by atoms with Crippen molar-refractivity contribution in [2.24, 2.45) is 0 Å². The van der Waals surface area contributed by atoms with Gasteiger partial charge in [-0.3, -0.25) is 4.79 Å². The van der Waals surface area contributed by atoms with Gasteiger partial charge in [-0.25, -0.2) is 8.78 Å². The summed E-state index contributed by atoms with van der Waals surface area (Å²) in [5.74, 6) is -1.06. The van der Waals surface area contributed by atoms with Gasteiger partial charge in [0.2, 0.25) is 5.91 Å². The summed E-state index contributed by atoms with van der Waals surface area (Å²) < 4.78 is 27.4. The monoisotopic (exact) mass is 350 g/mol. The summed E-state index contributed by atoms with van der Waals surface area (Å²) in [7, 11) is 0. The number of carbonyl (C=O) groups excluding carboxylic acids is 1. The van der Waals surface area contributed by atoms with E-state index in [1.54, 1.807) is 23.1 Å². The van der Waals surface area contributed by atoms with Crippen LogP contribution < -0.4 is 5.32 Å². The summed E-state index contributed by atoms with van der Waals surface area (Å²) in [4.78, 5) is 14.4. The van der Waals surface area contributed by atoms with Crippen LogP contribution in [0.25, 0.3) is 0 Å². The van der Waals surface area contributed by atoms with Gasteiger partial charge >= 0.3 is 0 Å². The third-order valence-corrected chi connectivity index (χ3v) is 4.54. The first-order chi connectivity index (χ1) is 11.6. The number of halogens is 3. The smallest absolute Gasteiger partial charge is 0.227 e. The lowest BCUT2D eigenvalue weighted by Crippen LogP contribution is -2.49. The molecule has 24 heavy (non-hydrogen) atoms. The topological polar surface area (TPSA) is 32.3 Å². The molecule has 0 aromatic heterocycles. The second-order valence-corrected chi connectivity index (χ2v) is 6.15. The van der Waals surface area contributed by atoms with E-state index in [9.17, 15) is 13.6 Å². The Morgan fingerprint density at radius 1 is 1.25 bits per heavy atom. The van der Waals surface area contributed by atoms with Gasteiger partial charge in [-0.1, -0.05) is 29.8 Å². The second kappa shape index (κ2) is 7.28. The van der Waals surface area contributed by atoms with Gasteiger partial charge in [0.25, 0.3) is 0 Å². The van der Waals surface area contributed by atoms with Crippen molar-refractivity contribution in [3.05, 3.63) is 70.2 Å². The van der Waals surface area contributed by atoms with Gasteiger partial charge in [0.05, 0.1) is 12.5 Å². The number of nitrogens with one attached hydrogen (secondary N) is 1. The fourth-order valence-electron chi connectivity index (χ4n) is 2.97. The molecule has 1 unspecified atom stereocenters. The molecular weight excluding hydrogens is 334 g/mol. The van der Waals surface area contributed by atoms with E-state index in [2.05, 4.69) is 5.32 Å². The molecular formula is C18H17ClF2N2O. The van der Waals surface area contributed by atoms with Crippen molar-refractivity contribution in [3.8, 4) is 0 Å². The summed E-state index contributed by atoms with van der Waals surface area (Å²) in [6.45, 7) is 1.65. The van der Waals surface area contributed by atoms with Crippen LogP contribution in [0.5, 0.6) is 0 Å². The Labute approximate surface area is 144 Å². The number of nitrogens with zero attached hydrogens (tertiary/aromatic N) is 1. The SMILES string of the molecule is O=C(Cc1c(F)cccc1Cl)N1CCNCC1c1cccc(F)c1. The number of piperazine rings is 1.